The van der Waals surface area contributed by atoms with E-state index in [1.165, 1.54) is 5.56 Å². The molecule has 1 N–H and O–H groups in total. The third-order valence-electron chi connectivity index (χ3n) is 3.76. The molecule has 4 nitrogen and oxygen atoms in total. The van der Waals surface area contributed by atoms with Gasteiger partial charge in [-0.1, -0.05) is 26.0 Å². The standard InChI is InChI=1S/C15H22N2O2/c1-11(2)12-4-6-13(7-5-12)17-9-8-16(3)10-14(17)15(18)19/h4-7,11,14H,8-10H2,1-3H3,(H,18,19). The average Bonchev–Trinajstić information content (AvgIpc) is 2.38. The minimum atomic E-state index is -0.750. The Kier molecular flexibility index (Phi) is 4.10. The van der Waals surface area contributed by atoms with Gasteiger partial charge in [0, 0.05) is 25.3 Å². The maximum atomic E-state index is 11.4. The van der Waals surface area contributed by atoms with E-state index < -0.39 is 12.0 Å². The number of hydrogen-bond acceptors (Lipinski definition) is 3. The van der Waals surface area contributed by atoms with Crippen LogP contribution in [-0.4, -0.2) is 48.7 Å². The minimum absolute atomic E-state index is 0.455. The molecule has 1 aromatic carbocycles. The van der Waals surface area contributed by atoms with Gasteiger partial charge in [-0.2, -0.15) is 0 Å². The van der Waals surface area contributed by atoms with Gasteiger partial charge >= 0.3 is 5.97 Å². The van der Waals surface area contributed by atoms with Crippen molar-refractivity contribution in [3.8, 4) is 0 Å². The van der Waals surface area contributed by atoms with Gasteiger partial charge in [0.2, 0.25) is 0 Å². The quantitative estimate of drug-likeness (QED) is 0.905. The Hall–Kier alpha value is -1.55. The number of benzene rings is 1. The predicted molar refractivity (Wildman–Crippen MR) is 76.8 cm³/mol. The lowest BCUT2D eigenvalue weighted by atomic mass is 10.0. The van der Waals surface area contributed by atoms with Crippen LogP contribution in [0.1, 0.15) is 25.3 Å². The molecule has 19 heavy (non-hydrogen) atoms. The monoisotopic (exact) mass is 262 g/mol. The highest BCUT2D eigenvalue weighted by Crippen LogP contribution is 2.23. The van der Waals surface area contributed by atoms with E-state index in [9.17, 15) is 9.90 Å². The number of nitrogens with zero attached hydrogens (tertiary/aromatic N) is 2. The number of rotatable bonds is 3. The average molecular weight is 262 g/mol. The lowest BCUT2D eigenvalue weighted by molar-refractivity contribution is -0.139. The number of hydrogen-bond donors (Lipinski definition) is 1. The van der Waals surface area contributed by atoms with Crippen molar-refractivity contribution in [3.63, 3.8) is 0 Å². The lowest BCUT2D eigenvalue weighted by Gasteiger charge is -2.39. The molecule has 0 aromatic heterocycles. The Bertz CT molecular complexity index is 442. The topological polar surface area (TPSA) is 43.8 Å². The second-order valence-corrected chi connectivity index (χ2v) is 5.56. The summed E-state index contributed by atoms with van der Waals surface area (Å²) in [5, 5.41) is 9.36. The van der Waals surface area contributed by atoms with Crippen LogP contribution in [-0.2, 0) is 4.79 Å². The summed E-state index contributed by atoms with van der Waals surface area (Å²) in [5.74, 6) is -0.253. The zero-order valence-electron chi connectivity index (χ0n) is 11.8. The second kappa shape index (κ2) is 5.61. The normalized spacial score (nSPS) is 20.8. The molecule has 1 saturated heterocycles. The van der Waals surface area contributed by atoms with Crippen LogP contribution in [0.3, 0.4) is 0 Å². The van der Waals surface area contributed by atoms with E-state index in [0.717, 1.165) is 18.8 Å². The summed E-state index contributed by atoms with van der Waals surface area (Å²) in [4.78, 5) is 15.5. The molecule has 104 valence electrons. The SMILES string of the molecule is CC(C)c1ccc(N2CCN(C)CC2C(=O)O)cc1. The largest absolute Gasteiger partial charge is 0.480 e. The predicted octanol–water partition coefficient (Wildman–Crippen LogP) is 2.01. The molecule has 1 atom stereocenters. The van der Waals surface area contributed by atoms with Crippen molar-refractivity contribution in [1.82, 2.24) is 4.90 Å². The molecule has 0 aliphatic carbocycles. The summed E-state index contributed by atoms with van der Waals surface area (Å²) in [6.45, 7) is 6.54. The third-order valence-corrected chi connectivity index (χ3v) is 3.76. The molecule has 0 amide bonds. The molecule has 1 fully saturated rings. The molecule has 1 unspecified atom stereocenters. The fourth-order valence-electron chi connectivity index (χ4n) is 2.49. The maximum absolute atomic E-state index is 11.4. The first-order valence-electron chi connectivity index (χ1n) is 6.77. The van der Waals surface area contributed by atoms with Crippen LogP contribution in [0.25, 0.3) is 0 Å². The number of carbonyl (C=O) groups is 1. The Morgan fingerprint density at radius 3 is 2.42 bits per heavy atom. The number of likely N-dealkylation sites (N-methyl/N-ethyl adjacent to an activating group) is 1. The van der Waals surface area contributed by atoms with Crippen molar-refractivity contribution in [1.29, 1.82) is 0 Å². The summed E-state index contributed by atoms with van der Waals surface area (Å²) in [7, 11) is 1.97. The number of aliphatic carboxylic acids is 1. The van der Waals surface area contributed by atoms with E-state index in [2.05, 4.69) is 30.9 Å². The van der Waals surface area contributed by atoms with Gasteiger partial charge in [-0.3, -0.25) is 0 Å². The number of piperazine rings is 1. The van der Waals surface area contributed by atoms with Crippen LogP contribution in [0, 0.1) is 0 Å². The number of carboxylic acid groups (broad SMARTS) is 1. The summed E-state index contributed by atoms with van der Waals surface area (Å²) in [6.07, 6.45) is 0. The van der Waals surface area contributed by atoms with Crippen LogP contribution in [0.2, 0.25) is 0 Å². The van der Waals surface area contributed by atoms with E-state index in [4.69, 9.17) is 0 Å². The van der Waals surface area contributed by atoms with Gasteiger partial charge in [0.1, 0.15) is 6.04 Å². The fourth-order valence-corrected chi connectivity index (χ4v) is 2.49. The molecule has 0 bridgehead atoms. The van der Waals surface area contributed by atoms with E-state index in [-0.39, 0.29) is 0 Å². The summed E-state index contributed by atoms with van der Waals surface area (Å²) >= 11 is 0. The van der Waals surface area contributed by atoms with E-state index >= 15 is 0 Å². The van der Waals surface area contributed by atoms with Crippen molar-refractivity contribution in [2.24, 2.45) is 0 Å². The Morgan fingerprint density at radius 1 is 1.26 bits per heavy atom. The fraction of sp³-hybridized carbons (Fsp3) is 0.533. The van der Waals surface area contributed by atoms with Gasteiger partial charge < -0.3 is 14.9 Å². The van der Waals surface area contributed by atoms with E-state index in [1.54, 1.807) is 0 Å². The van der Waals surface area contributed by atoms with Crippen molar-refractivity contribution >= 4 is 11.7 Å². The van der Waals surface area contributed by atoms with Gasteiger partial charge in [-0.05, 0) is 30.7 Å². The van der Waals surface area contributed by atoms with Crippen LogP contribution in [0.5, 0.6) is 0 Å². The molecule has 4 heteroatoms. The summed E-state index contributed by atoms with van der Waals surface area (Å²) in [6, 6.07) is 7.81. The van der Waals surface area contributed by atoms with Gasteiger partial charge in [0.05, 0.1) is 0 Å². The highest BCUT2D eigenvalue weighted by atomic mass is 16.4. The molecule has 0 radical (unpaired) electrons. The highest BCUT2D eigenvalue weighted by Gasteiger charge is 2.30. The minimum Gasteiger partial charge on any atom is -0.480 e. The first-order valence-corrected chi connectivity index (χ1v) is 6.77. The van der Waals surface area contributed by atoms with E-state index in [1.807, 2.05) is 24.1 Å². The molecule has 1 aliphatic rings. The van der Waals surface area contributed by atoms with Crippen molar-refractivity contribution in [2.75, 3.05) is 31.6 Å². The van der Waals surface area contributed by atoms with Crippen LogP contribution in [0.15, 0.2) is 24.3 Å². The van der Waals surface area contributed by atoms with Crippen molar-refractivity contribution in [2.45, 2.75) is 25.8 Å². The maximum Gasteiger partial charge on any atom is 0.327 e. The van der Waals surface area contributed by atoms with Gasteiger partial charge in [0.25, 0.3) is 0 Å². The first kappa shape index (κ1) is 13.9. The van der Waals surface area contributed by atoms with Gasteiger partial charge in [-0.25, -0.2) is 4.79 Å². The molecular formula is C15H22N2O2. The molecule has 2 rings (SSSR count). The second-order valence-electron chi connectivity index (χ2n) is 5.56. The molecule has 1 aliphatic heterocycles. The Morgan fingerprint density at radius 2 is 1.89 bits per heavy atom. The summed E-state index contributed by atoms with van der Waals surface area (Å²) in [5.41, 5.74) is 2.29. The third kappa shape index (κ3) is 3.07. The summed E-state index contributed by atoms with van der Waals surface area (Å²) < 4.78 is 0. The van der Waals surface area contributed by atoms with Crippen LogP contribution >= 0.6 is 0 Å². The molecule has 1 aromatic rings. The zero-order valence-corrected chi connectivity index (χ0v) is 11.8. The Balaban J connectivity index is 2.21. The molecule has 0 saturated carbocycles. The van der Waals surface area contributed by atoms with Crippen molar-refractivity contribution < 1.29 is 9.90 Å². The van der Waals surface area contributed by atoms with Gasteiger partial charge in [0.15, 0.2) is 0 Å². The molecule has 0 spiro atoms. The van der Waals surface area contributed by atoms with Crippen LogP contribution < -0.4 is 4.90 Å². The molecule has 1 heterocycles. The molecular weight excluding hydrogens is 240 g/mol. The van der Waals surface area contributed by atoms with Crippen molar-refractivity contribution in [3.05, 3.63) is 29.8 Å². The van der Waals surface area contributed by atoms with Crippen LogP contribution in [0.4, 0.5) is 5.69 Å². The number of carboxylic acids is 1. The Labute approximate surface area is 114 Å². The smallest absolute Gasteiger partial charge is 0.327 e. The zero-order chi connectivity index (χ0) is 14.0. The lowest BCUT2D eigenvalue weighted by Crippen LogP contribution is -2.55. The van der Waals surface area contributed by atoms with Gasteiger partial charge in [-0.15, -0.1) is 0 Å². The first-order chi connectivity index (χ1) is 8.99. The highest BCUT2D eigenvalue weighted by molar-refractivity contribution is 5.79. The number of anilines is 1. The van der Waals surface area contributed by atoms with E-state index in [0.29, 0.717) is 12.5 Å².